The Hall–Kier alpha value is -1.63. The number of likely N-dealkylation sites (tertiary alicyclic amines) is 1. The summed E-state index contributed by atoms with van der Waals surface area (Å²) < 4.78 is 5.02. The Kier molecular flexibility index (Phi) is 6.80. The van der Waals surface area contributed by atoms with E-state index in [1.54, 1.807) is 6.92 Å². The number of nitrogens with zero attached hydrogens (tertiary/aromatic N) is 1. The van der Waals surface area contributed by atoms with Crippen LogP contribution in [0.1, 0.15) is 40.5 Å². The molecule has 0 aromatic heterocycles. The topological polar surface area (TPSA) is 87.7 Å². The average molecular weight is 313 g/mol. The molecule has 0 saturated carbocycles. The standard InChI is InChI=1S/C15H27N3O4/c1-5-22-13(20)11-7-6-8-18(9-11)10-12(19)16-14(21)17-15(2,3)4/h11H,5-10H2,1-4H3,(H2,16,17,19,21)/t11-/m1/s1. The molecule has 0 unspecified atom stereocenters. The smallest absolute Gasteiger partial charge is 0.321 e. The first-order chi connectivity index (χ1) is 10.2. The van der Waals surface area contributed by atoms with Crippen molar-refractivity contribution in [1.82, 2.24) is 15.5 Å². The van der Waals surface area contributed by atoms with Gasteiger partial charge in [0.1, 0.15) is 0 Å². The number of hydrogen-bond acceptors (Lipinski definition) is 5. The Bertz CT molecular complexity index is 418. The van der Waals surface area contributed by atoms with Gasteiger partial charge < -0.3 is 10.1 Å². The van der Waals surface area contributed by atoms with Crippen molar-refractivity contribution >= 4 is 17.9 Å². The van der Waals surface area contributed by atoms with Gasteiger partial charge in [0.25, 0.3) is 0 Å². The Morgan fingerprint density at radius 1 is 1.27 bits per heavy atom. The predicted octanol–water partition coefficient (Wildman–Crippen LogP) is 0.886. The van der Waals surface area contributed by atoms with Crippen molar-refractivity contribution in [3.8, 4) is 0 Å². The van der Waals surface area contributed by atoms with Gasteiger partial charge in [-0.3, -0.25) is 19.8 Å². The number of hydrogen-bond donors (Lipinski definition) is 2. The minimum absolute atomic E-state index is 0.105. The van der Waals surface area contributed by atoms with Crippen molar-refractivity contribution in [1.29, 1.82) is 0 Å². The SMILES string of the molecule is CCOC(=O)[C@@H]1CCCN(CC(=O)NC(=O)NC(C)(C)C)C1. The Labute approximate surface area is 131 Å². The minimum Gasteiger partial charge on any atom is -0.466 e. The van der Waals surface area contributed by atoms with E-state index in [2.05, 4.69) is 10.6 Å². The number of piperidine rings is 1. The lowest BCUT2D eigenvalue weighted by Crippen LogP contribution is -2.51. The second-order valence-corrected chi connectivity index (χ2v) is 6.58. The van der Waals surface area contributed by atoms with Crippen LogP contribution in [-0.2, 0) is 14.3 Å². The average Bonchev–Trinajstić information content (AvgIpc) is 2.36. The molecule has 1 atom stereocenters. The molecule has 0 spiro atoms. The Morgan fingerprint density at radius 2 is 1.95 bits per heavy atom. The number of rotatable bonds is 4. The van der Waals surface area contributed by atoms with Crippen LogP contribution >= 0.6 is 0 Å². The fourth-order valence-electron chi connectivity index (χ4n) is 2.39. The molecule has 22 heavy (non-hydrogen) atoms. The van der Waals surface area contributed by atoms with E-state index < -0.39 is 11.6 Å². The molecule has 1 rings (SSSR count). The molecule has 3 amide bonds. The van der Waals surface area contributed by atoms with E-state index in [0.29, 0.717) is 13.2 Å². The summed E-state index contributed by atoms with van der Waals surface area (Å²) in [7, 11) is 0. The summed E-state index contributed by atoms with van der Waals surface area (Å²) in [5, 5.41) is 4.97. The van der Waals surface area contributed by atoms with Gasteiger partial charge in [0.05, 0.1) is 19.1 Å². The number of nitrogens with one attached hydrogen (secondary N) is 2. The highest BCUT2D eigenvalue weighted by Gasteiger charge is 2.28. The van der Waals surface area contributed by atoms with Crippen LogP contribution < -0.4 is 10.6 Å². The van der Waals surface area contributed by atoms with Gasteiger partial charge in [-0.25, -0.2) is 4.79 Å². The van der Waals surface area contributed by atoms with E-state index in [0.717, 1.165) is 19.4 Å². The summed E-state index contributed by atoms with van der Waals surface area (Å²) in [5.41, 5.74) is -0.398. The highest BCUT2D eigenvalue weighted by Crippen LogP contribution is 2.17. The molecule has 0 aromatic carbocycles. The van der Waals surface area contributed by atoms with Gasteiger partial charge in [0, 0.05) is 12.1 Å². The zero-order chi connectivity index (χ0) is 16.8. The van der Waals surface area contributed by atoms with E-state index in [-0.39, 0.29) is 24.3 Å². The molecular formula is C15H27N3O4. The van der Waals surface area contributed by atoms with E-state index >= 15 is 0 Å². The summed E-state index contributed by atoms with van der Waals surface area (Å²) in [6.07, 6.45) is 1.62. The summed E-state index contributed by atoms with van der Waals surface area (Å²) in [6, 6.07) is -0.503. The van der Waals surface area contributed by atoms with Gasteiger partial charge in [-0.1, -0.05) is 0 Å². The lowest BCUT2D eigenvalue weighted by Gasteiger charge is -2.30. The second-order valence-electron chi connectivity index (χ2n) is 6.58. The zero-order valence-corrected chi connectivity index (χ0v) is 13.9. The number of carbonyl (C=O) groups excluding carboxylic acids is 3. The van der Waals surface area contributed by atoms with Crippen LogP contribution in [0.3, 0.4) is 0 Å². The molecule has 0 aromatic rings. The molecule has 2 N–H and O–H groups in total. The largest absolute Gasteiger partial charge is 0.466 e. The van der Waals surface area contributed by atoms with Crippen LogP contribution in [0.15, 0.2) is 0 Å². The van der Waals surface area contributed by atoms with Crippen LogP contribution in [0.25, 0.3) is 0 Å². The number of carbonyl (C=O) groups is 3. The van der Waals surface area contributed by atoms with Gasteiger partial charge >= 0.3 is 12.0 Å². The summed E-state index contributed by atoms with van der Waals surface area (Å²) in [4.78, 5) is 37.1. The van der Waals surface area contributed by atoms with E-state index in [4.69, 9.17) is 4.74 Å². The molecule has 7 heteroatoms. The molecule has 0 aliphatic carbocycles. The van der Waals surface area contributed by atoms with Gasteiger partial charge in [0.15, 0.2) is 0 Å². The first-order valence-electron chi connectivity index (χ1n) is 7.72. The van der Waals surface area contributed by atoms with Gasteiger partial charge in [-0.2, -0.15) is 0 Å². The third-order valence-corrected chi connectivity index (χ3v) is 3.23. The van der Waals surface area contributed by atoms with E-state index in [1.807, 2.05) is 25.7 Å². The van der Waals surface area contributed by atoms with Gasteiger partial charge in [0.2, 0.25) is 5.91 Å². The molecule has 1 fully saturated rings. The molecular weight excluding hydrogens is 286 g/mol. The number of urea groups is 1. The van der Waals surface area contributed by atoms with Crippen molar-refractivity contribution in [3.63, 3.8) is 0 Å². The van der Waals surface area contributed by atoms with Gasteiger partial charge in [-0.05, 0) is 47.1 Å². The molecule has 7 nitrogen and oxygen atoms in total. The number of amides is 3. The molecule has 1 aliphatic rings. The lowest BCUT2D eigenvalue weighted by molar-refractivity contribution is -0.150. The Balaban J connectivity index is 2.41. The predicted molar refractivity (Wildman–Crippen MR) is 82.2 cm³/mol. The molecule has 1 aliphatic heterocycles. The Morgan fingerprint density at radius 3 is 2.55 bits per heavy atom. The number of esters is 1. The third-order valence-electron chi connectivity index (χ3n) is 3.23. The van der Waals surface area contributed by atoms with Crippen LogP contribution in [-0.4, -0.2) is 54.6 Å². The van der Waals surface area contributed by atoms with Crippen molar-refractivity contribution < 1.29 is 19.1 Å². The normalized spacial score (nSPS) is 19.4. The lowest BCUT2D eigenvalue weighted by atomic mass is 9.98. The van der Waals surface area contributed by atoms with Crippen LogP contribution in [0, 0.1) is 5.92 Å². The fourth-order valence-corrected chi connectivity index (χ4v) is 2.39. The first kappa shape index (κ1) is 18.4. The highest BCUT2D eigenvalue weighted by atomic mass is 16.5. The van der Waals surface area contributed by atoms with Crippen LogP contribution in [0.2, 0.25) is 0 Å². The summed E-state index contributed by atoms with van der Waals surface area (Å²) in [6.45, 7) is 9.00. The van der Waals surface area contributed by atoms with E-state index in [1.165, 1.54) is 0 Å². The van der Waals surface area contributed by atoms with Crippen molar-refractivity contribution in [2.24, 2.45) is 5.92 Å². The summed E-state index contributed by atoms with van der Waals surface area (Å²) in [5.74, 6) is -0.769. The maximum atomic E-state index is 11.9. The third kappa shape index (κ3) is 6.89. The monoisotopic (exact) mass is 313 g/mol. The van der Waals surface area contributed by atoms with Gasteiger partial charge in [-0.15, -0.1) is 0 Å². The highest BCUT2D eigenvalue weighted by molar-refractivity contribution is 5.95. The maximum Gasteiger partial charge on any atom is 0.321 e. The van der Waals surface area contributed by atoms with Crippen molar-refractivity contribution in [2.75, 3.05) is 26.2 Å². The quantitative estimate of drug-likeness (QED) is 0.753. The number of imide groups is 1. The first-order valence-corrected chi connectivity index (χ1v) is 7.72. The molecule has 0 radical (unpaired) electrons. The fraction of sp³-hybridized carbons (Fsp3) is 0.800. The number of ether oxygens (including phenoxy) is 1. The van der Waals surface area contributed by atoms with Crippen LogP contribution in [0.4, 0.5) is 4.79 Å². The van der Waals surface area contributed by atoms with Crippen LogP contribution in [0.5, 0.6) is 0 Å². The van der Waals surface area contributed by atoms with Crippen molar-refractivity contribution in [3.05, 3.63) is 0 Å². The maximum absolute atomic E-state index is 11.9. The molecule has 1 heterocycles. The van der Waals surface area contributed by atoms with Crippen molar-refractivity contribution in [2.45, 2.75) is 46.1 Å². The zero-order valence-electron chi connectivity index (χ0n) is 13.9. The second kappa shape index (κ2) is 8.12. The summed E-state index contributed by atoms with van der Waals surface area (Å²) >= 11 is 0. The molecule has 126 valence electrons. The molecule has 1 saturated heterocycles. The minimum atomic E-state index is -0.503. The molecule has 0 bridgehead atoms. The van der Waals surface area contributed by atoms with E-state index in [9.17, 15) is 14.4 Å².